The zero-order chi connectivity index (χ0) is 18.4. The molecule has 0 aliphatic carbocycles. The van der Waals surface area contributed by atoms with E-state index in [0.717, 1.165) is 56.2 Å². The molecule has 0 unspecified atom stereocenters. The Morgan fingerprint density at radius 1 is 1.19 bits per heavy atom. The van der Waals surface area contributed by atoms with Gasteiger partial charge in [0.15, 0.2) is 5.65 Å². The van der Waals surface area contributed by atoms with E-state index in [9.17, 15) is 4.39 Å². The van der Waals surface area contributed by atoms with E-state index in [1.165, 1.54) is 17.7 Å². The lowest BCUT2D eigenvalue weighted by atomic mass is 10.1. The van der Waals surface area contributed by atoms with Crippen LogP contribution >= 0.6 is 0 Å². The van der Waals surface area contributed by atoms with E-state index in [2.05, 4.69) is 15.3 Å². The lowest BCUT2D eigenvalue weighted by Crippen LogP contribution is -2.55. The highest BCUT2D eigenvalue weighted by Crippen LogP contribution is 2.31. The maximum atomic E-state index is 13.6. The summed E-state index contributed by atoms with van der Waals surface area (Å²) in [4.78, 5) is 7.06. The first-order valence-electron chi connectivity index (χ1n) is 9.22. The van der Waals surface area contributed by atoms with Gasteiger partial charge in [0.05, 0.1) is 30.7 Å². The molecule has 7 nitrogen and oxygen atoms in total. The van der Waals surface area contributed by atoms with Crippen molar-refractivity contribution in [3.8, 4) is 5.75 Å². The molecule has 0 radical (unpaired) electrons. The Balaban J connectivity index is 1.40. The lowest BCUT2D eigenvalue weighted by Gasteiger charge is -2.41. The second-order valence-corrected chi connectivity index (χ2v) is 7.04. The van der Waals surface area contributed by atoms with Crippen LogP contribution in [0.2, 0.25) is 0 Å². The predicted octanol–water partition coefficient (Wildman–Crippen LogP) is 1.41. The second kappa shape index (κ2) is 6.38. The number of anilines is 2. The Hall–Kier alpha value is -2.87. The molecule has 1 saturated heterocycles. The van der Waals surface area contributed by atoms with Gasteiger partial charge >= 0.3 is 0 Å². The van der Waals surface area contributed by atoms with Crippen molar-refractivity contribution >= 4 is 17.2 Å². The third kappa shape index (κ3) is 2.86. The van der Waals surface area contributed by atoms with Gasteiger partial charge in [-0.05, 0) is 25.1 Å². The maximum Gasteiger partial charge on any atom is 0.157 e. The number of hydrogen-bond donors (Lipinski definition) is 2. The summed E-state index contributed by atoms with van der Waals surface area (Å²) in [6.07, 6.45) is 3.64. The Morgan fingerprint density at radius 3 is 2.89 bits per heavy atom. The smallest absolute Gasteiger partial charge is 0.157 e. The first kappa shape index (κ1) is 16.3. The van der Waals surface area contributed by atoms with Crippen molar-refractivity contribution in [1.82, 2.24) is 19.9 Å². The van der Waals surface area contributed by atoms with Gasteiger partial charge in [-0.3, -0.25) is 0 Å². The zero-order valence-electron chi connectivity index (χ0n) is 14.9. The molecule has 5 rings (SSSR count). The van der Waals surface area contributed by atoms with Crippen LogP contribution in [0, 0.1) is 5.82 Å². The highest BCUT2D eigenvalue weighted by Gasteiger charge is 2.33. The topological polar surface area (TPSA) is 80.7 Å². The van der Waals surface area contributed by atoms with Crippen LogP contribution in [-0.2, 0) is 12.8 Å². The highest BCUT2D eigenvalue weighted by atomic mass is 19.1. The molecule has 0 spiro atoms. The summed E-state index contributed by atoms with van der Waals surface area (Å²) in [5.74, 6) is 1.16. The summed E-state index contributed by atoms with van der Waals surface area (Å²) < 4.78 is 21.4. The summed E-state index contributed by atoms with van der Waals surface area (Å²) in [5.41, 5.74) is 8.93. The number of nitrogens with two attached hydrogens (primary N) is 1. The minimum absolute atomic E-state index is 0.00588. The molecule has 1 fully saturated rings. The number of nitrogen functional groups attached to an aromatic ring is 1. The van der Waals surface area contributed by atoms with Crippen LogP contribution in [0.4, 0.5) is 15.9 Å². The van der Waals surface area contributed by atoms with Crippen LogP contribution in [0.1, 0.15) is 11.3 Å². The van der Waals surface area contributed by atoms with E-state index in [1.807, 2.05) is 10.6 Å². The largest absolute Gasteiger partial charge is 0.487 e. The molecule has 0 amide bonds. The number of ether oxygens (including phenoxy) is 1. The van der Waals surface area contributed by atoms with Crippen LogP contribution in [0.3, 0.4) is 0 Å². The van der Waals surface area contributed by atoms with E-state index >= 15 is 0 Å². The molecular weight excluding hydrogens is 347 g/mol. The number of nitrogens with one attached hydrogen (secondary N) is 1. The third-order valence-corrected chi connectivity index (χ3v) is 5.20. The number of halogens is 1. The normalized spacial score (nSPS) is 17.4. The first-order valence-corrected chi connectivity index (χ1v) is 9.22. The van der Waals surface area contributed by atoms with Crippen LogP contribution in [0.5, 0.6) is 5.75 Å². The number of hydrogen-bond acceptors (Lipinski definition) is 6. The van der Waals surface area contributed by atoms with Crippen molar-refractivity contribution in [3.63, 3.8) is 0 Å². The zero-order valence-corrected chi connectivity index (χ0v) is 14.9. The molecule has 2 aromatic heterocycles. The van der Waals surface area contributed by atoms with Crippen LogP contribution in [0.15, 0.2) is 30.5 Å². The van der Waals surface area contributed by atoms with Gasteiger partial charge in [-0.25, -0.2) is 9.37 Å². The van der Waals surface area contributed by atoms with Crippen molar-refractivity contribution in [1.29, 1.82) is 0 Å². The van der Waals surface area contributed by atoms with Crippen molar-refractivity contribution in [2.45, 2.75) is 18.9 Å². The van der Waals surface area contributed by atoms with Gasteiger partial charge in [0, 0.05) is 30.7 Å². The first-order chi connectivity index (χ1) is 13.2. The fourth-order valence-electron chi connectivity index (χ4n) is 3.80. The van der Waals surface area contributed by atoms with E-state index in [0.29, 0.717) is 5.75 Å². The molecule has 2 aliphatic heterocycles. The standard InChI is InChI=1S/C19H21FN6O/c20-15-9-12(1-2-16(15)21)27-13-10-25(11-13)19-14-3-6-22-7-4-17(14)24-18-5-8-23-26(18)19/h1-2,5,8-9,13,22H,3-4,6-7,10-11,21H2. The number of fused-ring (bicyclic) bond motifs is 2. The summed E-state index contributed by atoms with van der Waals surface area (Å²) in [5, 5.41) is 7.91. The Morgan fingerprint density at radius 2 is 2.04 bits per heavy atom. The van der Waals surface area contributed by atoms with E-state index in [4.69, 9.17) is 15.5 Å². The van der Waals surface area contributed by atoms with Crippen molar-refractivity contribution in [3.05, 3.63) is 47.5 Å². The Labute approximate surface area is 155 Å². The van der Waals surface area contributed by atoms with E-state index < -0.39 is 5.82 Å². The molecule has 27 heavy (non-hydrogen) atoms. The van der Waals surface area contributed by atoms with E-state index in [1.54, 1.807) is 12.3 Å². The fourth-order valence-corrected chi connectivity index (χ4v) is 3.80. The number of aromatic nitrogens is 3. The molecule has 2 aliphatic rings. The monoisotopic (exact) mass is 368 g/mol. The summed E-state index contributed by atoms with van der Waals surface area (Å²) >= 11 is 0. The van der Waals surface area contributed by atoms with Gasteiger partial charge in [-0.1, -0.05) is 0 Å². The van der Waals surface area contributed by atoms with Crippen LogP contribution < -0.4 is 20.7 Å². The minimum Gasteiger partial charge on any atom is -0.487 e. The summed E-state index contributed by atoms with van der Waals surface area (Å²) in [6.45, 7) is 3.33. The average Bonchev–Trinajstić information content (AvgIpc) is 2.96. The van der Waals surface area contributed by atoms with Gasteiger partial charge in [0.1, 0.15) is 23.5 Å². The van der Waals surface area contributed by atoms with Crippen molar-refractivity contribution in [2.24, 2.45) is 0 Å². The van der Waals surface area contributed by atoms with Gasteiger partial charge in [0.2, 0.25) is 0 Å². The predicted molar refractivity (Wildman–Crippen MR) is 101 cm³/mol. The Bertz CT molecular complexity index is 997. The van der Waals surface area contributed by atoms with Gasteiger partial charge < -0.3 is 20.7 Å². The molecule has 3 aromatic rings. The van der Waals surface area contributed by atoms with Gasteiger partial charge in [-0.2, -0.15) is 9.61 Å². The minimum atomic E-state index is -0.450. The number of nitrogens with zero attached hydrogens (tertiary/aromatic N) is 4. The summed E-state index contributed by atoms with van der Waals surface area (Å²) in [7, 11) is 0. The number of rotatable bonds is 3. The fraction of sp³-hybridized carbons (Fsp3) is 0.368. The highest BCUT2D eigenvalue weighted by molar-refractivity contribution is 5.59. The molecule has 4 heterocycles. The van der Waals surface area contributed by atoms with Crippen LogP contribution in [0.25, 0.3) is 5.65 Å². The van der Waals surface area contributed by atoms with E-state index in [-0.39, 0.29) is 11.8 Å². The molecule has 140 valence electrons. The number of benzene rings is 1. The SMILES string of the molecule is Nc1ccc(OC2CN(c3c4c(nc5ccnn35)CCNCC4)C2)cc1F. The molecule has 0 saturated carbocycles. The summed E-state index contributed by atoms with van der Waals surface area (Å²) in [6, 6.07) is 6.52. The molecule has 3 N–H and O–H groups in total. The Kier molecular flexibility index (Phi) is 3.86. The maximum absolute atomic E-state index is 13.6. The molecule has 8 heteroatoms. The van der Waals surface area contributed by atoms with Gasteiger partial charge in [-0.15, -0.1) is 0 Å². The molecule has 1 aromatic carbocycles. The third-order valence-electron chi connectivity index (χ3n) is 5.20. The molecule has 0 atom stereocenters. The lowest BCUT2D eigenvalue weighted by molar-refractivity contribution is 0.165. The van der Waals surface area contributed by atoms with Crippen molar-refractivity contribution in [2.75, 3.05) is 36.8 Å². The van der Waals surface area contributed by atoms with Crippen molar-refractivity contribution < 1.29 is 9.13 Å². The molecule has 0 bridgehead atoms. The average molecular weight is 368 g/mol. The quantitative estimate of drug-likeness (QED) is 0.681. The molecular formula is C19H21FN6O. The van der Waals surface area contributed by atoms with Crippen LogP contribution in [-0.4, -0.2) is 46.9 Å². The second-order valence-electron chi connectivity index (χ2n) is 7.04. The van der Waals surface area contributed by atoms with Gasteiger partial charge in [0.25, 0.3) is 0 Å².